The molecule has 1 aliphatic heterocycles. The van der Waals surface area contributed by atoms with Gasteiger partial charge in [-0.25, -0.2) is 4.98 Å². The summed E-state index contributed by atoms with van der Waals surface area (Å²) in [5.41, 5.74) is 6.98. The predicted molar refractivity (Wildman–Crippen MR) is 95.5 cm³/mol. The maximum Gasteiger partial charge on any atom is 0.258 e. The summed E-state index contributed by atoms with van der Waals surface area (Å²) in [5, 5.41) is 0. The minimum Gasteiger partial charge on any atom is -0.493 e. The number of benzene rings is 1. The van der Waals surface area contributed by atoms with Crippen LogP contribution in [0, 0.1) is 0 Å². The number of methoxy groups -OCH3 is 1. The molecule has 0 atom stereocenters. The number of H-pyrrole nitrogens is 1. The van der Waals surface area contributed by atoms with Crippen LogP contribution in [-0.4, -0.2) is 47.6 Å². The largest absolute Gasteiger partial charge is 0.493 e. The van der Waals surface area contributed by atoms with Gasteiger partial charge in [0.05, 0.1) is 43.4 Å². The molecule has 0 unspecified atom stereocenters. The van der Waals surface area contributed by atoms with E-state index in [0.717, 1.165) is 5.69 Å². The Hall–Kier alpha value is -2.87. The first-order chi connectivity index (χ1) is 12.7. The quantitative estimate of drug-likeness (QED) is 0.736. The summed E-state index contributed by atoms with van der Waals surface area (Å²) in [6.07, 6.45) is 2.60. The van der Waals surface area contributed by atoms with Crippen molar-refractivity contribution in [3.05, 3.63) is 51.7 Å². The molecule has 1 aromatic heterocycles. The summed E-state index contributed by atoms with van der Waals surface area (Å²) in [7, 11) is 1.53. The van der Waals surface area contributed by atoms with Crippen molar-refractivity contribution in [1.29, 1.82) is 0 Å². The van der Waals surface area contributed by atoms with Gasteiger partial charge in [0.1, 0.15) is 0 Å². The van der Waals surface area contributed by atoms with Crippen LogP contribution >= 0.6 is 0 Å². The van der Waals surface area contributed by atoms with Gasteiger partial charge in [0.25, 0.3) is 11.5 Å². The van der Waals surface area contributed by atoms with Crippen molar-refractivity contribution in [3.8, 4) is 11.5 Å². The third-order valence-corrected chi connectivity index (χ3v) is 4.32. The fourth-order valence-corrected chi connectivity index (χ4v) is 2.95. The van der Waals surface area contributed by atoms with Crippen molar-refractivity contribution in [2.75, 3.05) is 26.8 Å². The maximum absolute atomic E-state index is 13.1. The zero-order valence-electron chi connectivity index (χ0n) is 14.7. The van der Waals surface area contributed by atoms with E-state index in [-0.39, 0.29) is 18.0 Å². The molecule has 0 fully saturated rings. The van der Waals surface area contributed by atoms with Gasteiger partial charge in [-0.2, -0.15) is 0 Å². The Morgan fingerprint density at radius 3 is 3.04 bits per heavy atom. The molecule has 1 aliphatic rings. The van der Waals surface area contributed by atoms with E-state index in [1.54, 1.807) is 23.1 Å². The van der Waals surface area contributed by atoms with Gasteiger partial charge < -0.3 is 25.1 Å². The van der Waals surface area contributed by atoms with Crippen molar-refractivity contribution in [2.45, 2.75) is 19.4 Å². The van der Waals surface area contributed by atoms with Gasteiger partial charge in [-0.1, -0.05) is 6.07 Å². The van der Waals surface area contributed by atoms with Gasteiger partial charge >= 0.3 is 0 Å². The Balaban J connectivity index is 1.88. The summed E-state index contributed by atoms with van der Waals surface area (Å²) in [6.45, 7) is 1.60. The Morgan fingerprint density at radius 1 is 1.42 bits per heavy atom. The molecule has 8 heteroatoms. The maximum atomic E-state index is 13.1. The summed E-state index contributed by atoms with van der Waals surface area (Å²) in [6, 6.07) is 5.19. The lowest BCUT2D eigenvalue weighted by Crippen LogP contribution is -2.39. The number of carbonyl (C=O) groups is 1. The van der Waals surface area contributed by atoms with Crippen LogP contribution in [0.3, 0.4) is 0 Å². The molecule has 138 valence electrons. The van der Waals surface area contributed by atoms with Gasteiger partial charge in [0.15, 0.2) is 11.5 Å². The van der Waals surface area contributed by atoms with Crippen molar-refractivity contribution in [3.63, 3.8) is 0 Å². The third kappa shape index (κ3) is 3.55. The molecule has 0 radical (unpaired) electrons. The van der Waals surface area contributed by atoms with E-state index < -0.39 is 0 Å². The normalized spacial score (nSPS) is 13.2. The Labute approximate surface area is 150 Å². The SMILES string of the molecule is COc1cccc(C(=O)N2CCc3nc[nH]c(=O)c3C2)c1OCCCN. The number of nitrogens with one attached hydrogen (secondary N) is 1. The average Bonchev–Trinajstić information content (AvgIpc) is 2.67. The second kappa shape index (κ2) is 8.01. The second-order valence-corrected chi connectivity index (χ2v) is 5.96. The van der Waals surface area contributed by atoms with E-state index in [9.17, 15) is 9.59 Å². The van der Waals surface area contributed by atoms with Crippen LogP contribution in [0.15, 0.2) is 29.3 Å². The summed E-state index contributed by atoms with van der Waals surface area (Å²) in [5.74, 6) is 0.685. The first kappa shape index (κ1) is 17.9. The predicted octanol–water partition coefficient (Wildman–Crippen LogP) is 0.705. The lowest BCUT2D eigenvalue weighted by atomic mass is 10.1. The van der Waals surface area contributed by atoms with Crippen LogP contribution < -0.4 is 20.8 Å². The highest BCUT2D eigenvalue weighted by Crippen LogP contribution is 2.32. The molecule has 1 amide bonds. The van der Waals surface area contributed by atoms with E-state index in [4.69, 9.17) is 15.2 Å². The Morgan fingerprint density at radius 2 is 2.27 bits per heavy atom. The number of aromatic nitrogens is 2. The van der Waals surface area contributed by atoms with E-state index >= 15 is 0 Å². The first-order valence-corrected chi connectivity index (χ1v) is 8.50. The Kier molecular flexibility index (Phi) is 5.52. The molecule has 0 spiro atoms. The van der Waals surface area contributed by atoms with Crippen LogP contribution in [0.1, 0.15) is 28.0 Å². The molecular formula is C18H22N4O4. The number of amides is 1. The lowest BCUT2D eigenvalue weighted by Gasteiger charge is -2.28. The third-order valence-electron chi connectivity index (χ3n) is 4.32. The smallest absolute Gasteiger partial charge is 0.258 e. The molecule has 8 nitrogen and oxygen atoms in total. The number of ether oxygens (including phenoxy) is 2. The van der Waals surface area contributed by atoms with Crippen molar-refractivity contribution >= 4 is 5.91 Å². The fraction of sp³-hybridized carbons (Fsp3) is 0.389. The molecule has 2 heterocycles. The highest BCUT2D eigenvalue weighted by Gasteiger charge is 2.27. The molecule has 2 aromatic rings. The molecule has 0 saturated carbocycles. The highest BCUT2D eigenvalue weighted by molar-refractivity contribution is 5.98. The van der Waals surface area contributed by atoms with Crippen LogP contribution in [0.2, 0.25) is 0 Å². The molecule has 0 aliphatic carbocycles. The number of aromatic amines is 1. The first-order valence-electron chi connectivity index (χ1n) is 8.50. The van der Waals surface area contributed by atoms with E-state index in [1.165, 1.54) is 13.4 Å². The van der Waals surface area contributed by atoms with Crippen LogP contribution in [0.25, 0.3) is 0 Å². The van der Waals surface area contributed by atoms with E-state index in [2.05, 4.69) is 9.97 Å². The van der Waals surface area contributed by atoms with Crippen LogP contribution in [0.5, 0.6) is 11.5 Å². The monoisotopic (exact) mass is 358 g/mol. The number of rotatable bonds is 6. The molecular weight excluding hydrogens is 336 g/mol. The standard InChI is InChI=1S/C18H22N4O4/c1-25-15-5-2-4-12(16(15)26-9-3-7-19)18(24)22-8-6-14-13(10-22)17(23)21-11-20-14/h2,4-5,11H,3,6-10,19H2,1H3,(H,20,21,23). The summed E-state index contributed by atoms with van der Waals surface area (Å²) >= 11 is 0. The number of hydrogen-bond acceptors (Lipinski definition) is 6. The Bertz CT molecular complexity index is 849. The van der Waals surface area contributed by atoms with Crippen molar-refractivity contribution in [2.24, 2.45) is 5.73 Å². The zero-order chi connectivity index (χ0) is 18.5. The molecule has 0 saturated heterocycles. The van der Waals surface area contributed by atoms with Crippen molar-refractivity contribution in [1.82, 2.24) is 14.9 Å². The molecule has 0 bridgehead atoms. The summed E-state index contributed by atoms with van der Waals surface area (Å²) in [4.78, 5) is 33.5. The number of carbonyl (C=O) groups excluding carboxylic acids is 1. The number of nitrogens with two attached hydrogens (primary N) is 1. The second-order valence-electron chi connectivity index (χ2n) is 5.96. The van der Waals surface area contributed by atoms with E-state index in [0.29, 0.717) is 55.2 Å². The number of fused-ring (bicyclic) bond motifs is 1. The van der Waals surface area contributed by atoms with Gasteiger partial charge in [0, 0.05) is 13.0 Å². The molecule has 26 heavy (non-hydrogen) atoms. The fourth-order valence-electron chi connectivity index (χ4n) is 2.95. The molecule has 3 N–H and O–H groups in total. The number of hydrogen-bond donors (Lipinski definition) is 2. The van der Waals surface area contributed by atoms with E-state index in [1.807, 2.05) is 0 Å². The minimum absolute atomic E-state index is 0.208. The van der Waals surface area contributed by atoms with Gasteiger partial charge in [-0.3, -0.25) is 9.59 Å². The summed E-state index contributed by atoms with van der Waals surface area (Å²) < 4.78 is 11.1. The van der Waals surface area contributed by atoms with Crippen LogP contribution in [0.4, 0.5) is 0 Å². The number of para-hydroxylation sites is 1. The molecule has 3 rings (SSSR count). The average molecular weight is 358 g/mol. The lowest BCUT2D eigenvalue weighted by molar-refractivity contribution is 0.0727. The highest BCUT2D eigenvalue weighted by atomic mass is 16.5. The van der Waals surface area contributed by atoms with Gasteiger partial charge in [0.2, 0.25) is 0 Å². The minimum atomic E-state index is -0.211. The topological polar surface area (TPSA) is 111 Å². The van der Waals surface area contributed by atoms with Gasteiger partial charge in [-0.15, -0.1) is 0 Å². The zero-order valence-corrected chi connectivity index (χ0v) is 14.7. The number of nitrogens with zero attached hydrogens (tertiary/aromatic N) is 2. The van der Waals surface area contributed by atoms with Crippen LogP contribution in [-0.2, 0) is 13.0 Å². The molecule has 1 aromatic carbocycles. The van der Waals surface area contributed by atoms with Crippen molar-refractivity contribution < 1.29 is 14.3 Å². The van der Waals surface area contributed by atoms with Gasteiger partial charge in [-0.05, 0) is 25.1 Å².